The van der Waals surface area contributed by atoms with Crippen LogP contribution >= 0.6 is 12.6 Å². The van der Waals surface area contributed by atoms with E-state index < -0.39 is 0 Å². The molecule has 1 aliphatic heterocycles. The van der Waals surface area contributed by atoms with Crippen LogP contribution in [0.2, 0.25) is 0 Å². The lowest BCUT2D eigenvalue weighted by Crippen LogP contribution is -2.43. The van der Waals surface area contributed by atoms with E-state index in [-0.39, 0.29) is 5.91 Å². The molecular formula is C15H21NOS. The SMILES string of the molecule is CCCC1CCCCN1C(=O)c1ccc(S)cc1. The van der Waals surface area contributed by atoms with E-state index in [1.807, 2.05) is 24.3 Å². The smallest absolute Gasteiger partial charge is 0.254 e. The zero-order chi connectivity index (χ0) is 13.0. The quantitative estimate of drug-likeness (QED) is 0.823. The van der Waals surface area contributed by atoms with Gasteiger partial charge in [-0.25, -0.2) is 0 Å². The van der Waals surface area contributed by atoms with Crippen molar-refractivity contribution in [3.63, 3.8) is 0 Å². The summed E-state index contributed by atoms with van der Waals surface area (Å²) in [6.07, 6.45) is 5.81. The van der Waals surface area contributed by atoms with E-state index in [0.29, 0.717) is 6.04 Å². The molecule has 0 aliphatic carbocycles. The van der Waals surface area contributed by atoms with Crippen LogP contribution in [0.15, 0.2) is 29.2 Å². The first-order chi connectivity index (χ1) is 8.72. The third kappa shape index (κ3) is 3.08. The number of carbonyl (C=O) groups excluding carboxylic acids is 1. The summed E-state index contributed by atoms with van der Waals surface area (Å²) in [5, 5.41) is 0. The van der Waals surface area contributed by atoms with Crippen molar-refractivity contribution >= 4 is 18.5 Å². The van der Waals surface area contributed by atoms with Gasteiger partial charge >= 0.3 is 0 Å². The summed E-state index contributed by atoms with van der Waals surface area (Å²) in [4.78, 5) is 15.5. The normalized spacial score (nSPS) is 19.9. The third-order valence-electron chi connectivity index (χ3n) is 3.62. The molecule has 0 radical (unpaired) electrons. The number of benzene rings is 1. The highest BCUT2D eigenvalue weighted by atomic mass is 32.1. The van der Waals surface area contributed by atoms with Gasteiger partial charge in [-0.2, -0.15) is 0 Å². The van der Waals surface area contributed by atoms with Crippen molar-refractivity contribution in [2.75, 3.05) is 6.54 Å². The molecule has 1 unspecified atom stereocenters. The minimum absolute atomic E-state index is 0.182. The zero-order valence-electron chi connectivity index (χ0n) is 10.9. The Labute approximate surface area is 115 Å². The Hall–Kier alpha value is -0.960. The first-order valence-corrected chi connectivity index (χ1v) is 7.27. The van der Waals surface area contributed by atoms with Crippen molar-refractivity contribution in [1.82, 2.24) is 4.90 Å². The van der Waals surface area contributed by atoms with Gasteiger partial charge in [0.05, 0.1) is 0 Å². The second kappa shape index (κ2) is 6.28. The number of carbonyl (C=O) groups is 1. The van der Waals surface area contributed by atoms with Crippen LogP contribution in [0.25, 0.3) is 0 Å². The van der Waals surface area contributed by atoms with Crippen LogP contribution in [0.4, 0.5) is 0 Å². The van der Waals surface area contributed by atoms with Gasteiger partial charge in [0.25, 0.3) is 5.91 Å². The van der Waals surface area contributed by atoms with Crippen LogP contribution < -0.4 is 0 Å². The second-order valence-corrected chi connectivity index (χ2v) is 5.50. The fourth-order valence-corrected chi connectivity index (χ4v) is 2.82. The molecule has 2 nitrogen and oxygen atoms in total. The minimum atomic E-state index is 0.182. The molecule has 1 heterocycles. The standard InChI is InChI=1S/C15H21NOS/c1-2-5-13-6-3-4-11-16(13)15(17)12-7-9-14(18)10-8-12/h7-10,13,18H,2-6,11H2,1H3. The van der Waals surface area contributed by atoms with E-state index in [0.717, 1.165) is 42.7 Å². The van der Waals surface area contributed by atoms with Crippen LogP contribution in [0.5, 0.6) is 0 Å². The molecule has 1 fully saturated rings. The third-order valence-corrected chi connectivity index (χ3v) is 3.92. The summed E-state index contributed by atoms with van der Waals surface area (Å²) < 4.78 is 0. The van der Waals surface area contributed by atoms with Gasteiger partial charge in [-0.1, -0.05) is 13.3 Å². The van der Waals surface area contributed by atoms with Gasteiger partial charge < -0.3 is 4.90 Å². The maximum Gasteiger partial charge on any atom is 0.254 e. The molecule has 0 bridgehead atoms. The van der Waals surface area contributed by atoms with Crippen LogP contribution in [-0.4, -0.2) is 23.4 Å². The van der Waals surface area contributed by atoms with Gasteiger partial charge in [-0.05, 0) is 49.9 Å². The van der Waals surface area contributed by atoms with Gasteiger partial charge in [-0.15, -0.1) is 12.6 Å². The molecule has 0 aromatic heterocycles. The first-order valence-electron chi connectivity index (χ1n) is 6.82. The van der Waals surface area contributed by atoms with E-state index >= 15 is 0 Å². The van der Waals surface area contributed by atoms with Crippen molar-refractivity contribution in [2.45, 2.75) is 50.0 Å². The molecule has 1 saturated heterocycles. The van der Waals surface area contributed by atoms with Gasteiger partial charge in [0.2, 0.25) is 0 Å². The van der Waals surface area contributed by atoms with Crippen molar-refractivity contribution < 1.29 is 4.79 Å². The molecule has 0 spiro atoms. The lowest BCUT2D eigenvalue weighted by Gasteiger charge is -2.35. The maximum absolute atomic E-state index is 12.5. The topological polar surface area (TPSA) is 20.3 Å². The van der Waals surface area contributed by atoms with Crippen LogP contribution in [0, 0.1) is 0 Å². The molecule has 1 aromatic rings. The Balaban J connectivity index is 2.12. The van der Waals surface area contributed by atoms with E-state index in [2.05, 4.69) is 24.5 Å². The summed E-state index contributed by atoms with van der Waals surface area (Å²) in [5.74, 6) is 0.182. The number of amides is 1. The Morgan fingerprint density at radius 1 is 1.33 bits per heavy atom. The predicted octanol–water partition coefficient (Wildman–Crippen LogP) is 3.77. The number of piperidine rings is 1. The molecular weight excluding hydrogens is 242 g/mol. The summed E-state index contributed by atoms with van der Waals surface area (Å²) in [6, 6.07) is 7.96. The Kier molecular flexibility index (Phi) is 4.70. The highest BCUT2D eigenvalue weighted by Gasteiger charge is 2.26. The molecule has 1 amide bonds. The number of hydrogen-bond donors (Lipinski definition) is 1. The Morgan fingerprint density at radius 2 is 2.06 bits per heavy atom. The molecule has 0 N–H and O–H groups in total. The summed E-state index contributed by atoms with van der Waals surface area (Å²) in [7, 11) is 0. The summed E-state index contributed by atoms with van der Waals surface area (Å²) in [6.45, 7) is 3.10. The molecule has 3 heteroatoms. The van der Waals surface area contributed by atoms with Gasteiger partial charge in [0.15, 0.2) is 0 Å². The van der Waals surface area contributed by atoms with Crippen LogP contribution in [-0.2, 0) is 0 Å². The monoisotopic (exact) mass is 263 g/mol. The van der Waals surface area contributed by atoms with Crippen molar-refractivity contribution in [3.8, 4) is 0 Å². The van der Waals surface area contributed by atoms with E-state index in [1.54, 1.807) is 0 Å². The first kappa shape index (κ1) is 13.5. The fraction of sp³-hybridized carbons (Fsp3) is 0.533. The van der Waals surface area contributed by atoms with Crippen LogP contribution in [0.3, 0.4) is 0 Å². The number of thiol groups is 1. The lowest BCUT2D eigenvalue weighted by atomic mass is 9.97. The van der Waals surface area contributed by atoms with Crippen LogP contribution in [0.1, 0.15) is 49.4 Å². The van der Waals surface area contributed by atoms with E-state index in [9.17, 15) is 4.79 Å². The summed E-state index contributed by atoms with van der Waals surface area (Å²) in [5.41, 5.74) is 0.788. The van der Waals surface area contributed by atoms with Gasteiger partial charge in [0.1, 0.15) is 0 Å². The van der Waals surface area contributed by atoms with Crippen molar-refractivity contribution in [1.29, 1.82) is 0 Å². The van der Waals surface area contributed by atoms with E-state index in [4.69, 9.17) is 0 Å². The maximum atomic E-state index is 12.5. The highest BCUT2D eigenvalue weighted by molar-refractivity contribution is 7.80. The van der Waals surface area contributed by atoms with E-state index in [1.165, 1.54) is 6.42 Å². The van der Waals surface area contributed by atoms with Crippen molar-refractivity contribution in [2.24, 2.45) is 0 Å². The Bertz CT molecular complexity index is 399. The largest absolute Gasteiger partial charge is 0.336 e. The number of nitrogens with zero attached hydrogens (tertiary/aromatic N) is 1. The molecule has 1 atom stereocenters. The van der Waals surface area contributed by atoms with Gasteiger partial charge in [-0.3, -0.25) is 4.79 Å². The molecule has 0 saturated carbocycles. The summed E-state index contributed by atoms with van der Waals surface area (Å²) >= 11 is 4.25. The second-order valence-electron chi connectivity index (χ2n) is 4.98. The number of likely N-dealkylation sites (tertiary alicyclic amines) is 1. The molecule has 2 rings (SSSR count). The zero-order valence-corrected chi connectivity index (χ0v) is 11.8. The lowest BCUT2D eigenvalue weighted by molar-refractivity contribution is 0.0600. The number of rotatable bonds is 3. The fourth-order valence-electron chi connectivity index (χ4n) is 2.67. The highest BCUT2D eigenvalue weighted by Crippen LogP contribution is 2.23. The molecule has 1 aliphatic rings. The number of hydrogen-bond acceptors (Lipinski definition) is 2. The molecule has 98 valence electrons. The predicted molar refractivity (Wildman–Crippen MR) is 77.3 cm³/mol. The molecule has 1 aromatic carbocycles. The van der Waals surface area contributed by atoms with Gasteiger partial charge in [0, 0.05) is 23.0 Å². The average molecular weight is 263 g/mol. The minimum Gasteiger partial charge on any atom is -0.336 e. The van der Waals surface area contributed by atoms with Crippen molar-refractivity contribution in [3.05, 3.63) is 29.8 Å². The molecule has 18 heavy (non-hydrogen) atoms. The average Bonchev–Trinajstić information content (AvgIpc) is 2.40. The Morgan fingerprint density at radius 3 is 2.72 bits per heavy atom.